The molecule has 2 heteroatoms. The maximum Gasteiger partial charge on any atom is 0.0131 e. The van der Waals surface area contributed by atoms with Crippen molar-refractivity contribution in [1.82, 2.24) is 0 Å². The summed E-state index contributed by atoms with van der Waals surface area (Å²) < 4.78 is 0. The predicted octanol–water partition coefficient (Wildman–Crippen LogP) is 3.42. The minimum atomic E-state index is 0.300. The van der Waals surface area contributed by atoms with Crippen LogP contribution in [-0.2, 0) is 5.41 Å². The number of hydrogen-bond donors (Lipinski definition) is 0. The van der Waals surface area contributed by atoms with Gasteiger partial charge >= 0.3 is 0 Å². The molecule has 0 N–H and O–H groups in total. The Hall–Kier alpha value is 0.180. The van der Waals surface area contributed by atoms with E-state index in [0.29, 0.717) is 5.41 Å². The first kappa shape index (κ1) is 8.28. The maximum atomic E-state index is 3.50. The third-order valence-corrected chi connectivity index (χ3v) is 4.16. The summed E-state index contributed by atoms with van der Waals surface area (Å²) in [4.78, 5) is 1.45. The van der Waals surface area contributed by atoms with Gasteiger partial charge in [-0.1, -0.05) is 35.8 Å². The van der Waals surface area contributed by atoms with Gasteiger partial charge < -0.3 is 0 Å². The molecule has 1 rings (SSSR count). The van der Waals surface area contributed by atoms with Crippen LogP contribution in [0.1, 0.15) is 18.7 Å². The van der Waals surface area contributed by atoms with Crippen molar-refractivity contribution in [1.29, 1.82) is 0 Å². The van der Waals surface area contributed by atoms with Crippen molar-refractivity contribution in [3.8, 4) is 0 Å². The lowest BCUT2D eigenvalue weighted by molar-refractivity contribution is 0.621. The molecule has 0 saturated carbocycles. The Labute approximate surface area is 74.4 Å². The monoisotopic (exact) mass is 218 g/mol. The van der Waals surface area contributed by atoms with Crippen LogP contribution in [0.2, 0.25) is 0 Å². The zero-order chi connectivity index (χ0) is 7.61. The molecule has 0 unspecified atom stereocenters. The summed E-state index contributed by atoms with van der Waals surface area (Å²) >= 11 is 5.32. The zero-order valence-electron chi connectivity index (χ0n) is 6.23. The fraction of sp³-hybridized carbons (Fsp3) is 0.500. The summed E-state index contributed by atoms with van der Waals surface area (Å²) in [6.45, 7) is 4.49. The van der Waals surface area contributed by atoms with E-state index in [9.17, 15) is 0 Å². The van der Waals surface area contributed by atoms with Crippen molar-refractivity contribution in [2.75, 3.05) is 5.33 Å². The Morgan fingerprint density at radius 1 is 1.60 bits per heavy atom. The largest absolute Gasteiger partial charge is 0.148 e. The van der Waals surface area contributed by atoms with Gasteiger partial charge in [0.1, 0.15) is 0 Å². The molecule has 0 nitrogen and oxygen atoms in total. The van der Waals surface area contributed by atoms with Crippen LogP contribution >= 0.6 is 27.3 Å². The number of alkyl halides is 1. The van der Waals surface area contributed by atoms with Crippen molar-refractivity contribution in [3.05, 3.63) is 22.4 Å². The molecule has 1 aromatic rings. The van der Waals surface area contributed by atoms with Gasteiger partial charge in [0.05, 0.1) is 0 Å². The summed E-state index contributed by atoms with van der Waals surface area (Å²) in [5.41, 5.74) is 0.300. The van der Waals surface area contributed by atoms with E-state index in [1.54, 1.807) is 0 Å². The Morgan fingerprint density at radius 3 is 2.70 bits per heavy atom. The van der Waals surface area contributed by atoms with Gasteiger partial charge in [-0.15, -0.1) is 11.3 Å². The average molecular weight is 219 g/mol. The van der Waals surface area contributed by atoms with Crippen LogP contribution in [0.15, 0.2) is 17.5 Å². The molecular formula is C8H11BrS. The summed E-state index contributed by atoms with van der Waals surface area (Å²) in [5.74, 6) is 0. The third kappa shape index (κ3) is 1.61. The highest BCUT2D eigenvalue weighted by Crippen LogP contribution is 2.28. The second kappa shape index (κ2) is 3.05. The second-order valence-electron chi connectivity index (χ2n) is 2.99. The molecule has 0 atom stereocenters. The van der Waals surface area contributed by atoms with Crippen molar-refractivity contribution in [2.45, 2.75) is 19.3 Å². The van der Waals surface area contributed by atoms with E-state index in [2.05, 4.69) is 47.3 Å². The van der Waals surface area contributed by atoms with Gasteiger partial charge in [-0.3, -0.25) is 0 Å². The van der Waals surface area contributed by atoms with E-state index in [1.165, 1.54) is 4.88 Å². The number of thiophene rings is 1. The molecular weight excluding hydrogens is 208 g/mol. The van der Waals surface area contributed by atoms with Gasteiger partial charge in [0.2, 0.25) is 0 Å². The van der Waals surface area contributed by atoms with Crippen molar-refractivity contribution < 1.29 is 0 Å². The SMILES string of the molecule is CC(C)(CBr)c1cccs1. The Bertz CT molecular complexity index is 189. The molecule has 0 aliphatic heterocycles. The molecule has 0 aliphatic rings. The molecule has 56 valence electrons. The van der Waals surface area contributed by atoms with Crippen molar-refractivity contribution in [2.24, 2.45) is 0 Å². The summed E-state index contributed by atoms with van der Waals surface area (Å²) in [6.07, 6.45) is 0. The Kier molecular flexibility index (Phi) is 2.53. The molecule has 0 fully saturated rings. The fourth-order valence-electron chi connectivity index (χ4n) is 0.730. The Balaban J connectivity index is 2.85. The van der Waals surface area contributed by atoms with Crippen molar-refractivity contribution in [3.63, 3.8) is 0 Å². The normalized spacial score (nSPS) is 11.9. The highest BCUT2D eigenvalue weighted by atomic mass is 79.9. The van der Waals surface area contributed by atoms with Gasteiger partial charge in [-0.05, 0) is 11.4 Å². The molecule has 0 bridgehead atoms. The van der Waals surface area contributed by atoms with Gasteiger partial charge in [-0.25, -0.2) is 0 Å². The topological polar surface area (TPSA) is 0 Å². The molecule has 1 heterocycles. The van der Waals surface area contributed by atoms with Crippen LogP contribution in [0.25, 0.3) is 0 Å². The molecule has 0 saturated heterocycles. The van der Waals surface area contributed by atoms with Crippen LogP contribution in [-0.4, -0.2) is 5.33 Å². The first-order chi connectivity index (χ1) is 4.67. The van der Waals surface area contributed by atoms with Crippen LogP contribution in [0.5, 0.6) is 0 Å². The number of rotatable bonds is 2. The lowest BCUT2D eigenvalue weighted by atomic mass is 9.95. The summed E-state index contributed by atoms with van der Waals surface area (Å²) in [5, 5.41) is 3.15. The number of halogens is 1. The Morgan fingerprint density at radius 2 is 2.30 bits per heavy atom. The highest BCUT2D eigenvalue weighted by molar-refractivity contribution is 9.09. The van der Waals surface area contributed by atoms with E-state index >= 15 is 0 Å². The summed E-state index contributed by atoms with van der Waals surface area (Å²) in [6, 6.07) is 4.29. The quantitative estimate of drug-likeness (QED) is 0.668. The number of hydrogen-bond acceptors (Lipinski definition) is 1. The van der Waals surface area contributed by atoms with Crippen molar-refractivity contribution >= 4 is 27.3 Å². The van der Waals surface area contributed by atoms with Crippen LogP contribution in [0.4, 0.5) is 0 Å². The van der Waals surface area contributed by atoms with Crippen LogP contribution < -0.4 is 0 Å². The maximum absolute atomic E-state index is 3.50. The molecule has 0 amide bonds. The third-order valence-electron chi connectivity index (χ3n) is 1.52. The summed E-state index contributed by atoms with van der Waals surface area (Å²) in [7, 11) is 0. The molecule has 1 aromatic heterocycles. The minimum Gasteiger partial charge on any atom is -0.148 e. The van der Waals surface area contributed by atoms with E-state index in [4.69, 9.17) is 0 Å². The fourth-order valence-corrected chi connectivity index (χ4v) is 2.07. The molecule has 0 radical (unpaired) electrons. The average Bonchev–Trinajstić information content (AvgIpc) is 2.38. The molecule has 0 aliphatic carbocycles. The highest BCUT2D eigenvalue weighted by Gasteiger charge is 2.19. The van der Waals surface area contributed by atoms with E-state index in [-0.39, 0.29) is 0 Å². The zero-order valence-corrected chi connectivity index (χ0v) is 8.63. The first-order valence-electron chi connectivity index (χ1n) is 3.27. The second-order valence-corrected chi connectivity index (χ2v) is 4.50. The van der Waals surface area contributed by atoms with Crippen LogP contribution in [0.3, 0.4) is 0 Å². The molecule has 0 aromatic carbocycles. The van der Waals surface area contributed by atoms with E-state index in [1.807, 2.05) is 11.3 Å². The van der Waals surface area contributed by atoms with Gasteiger partial charge in [0.25, 0.3) is 0 Å². The van der Waals surface area contributed by atoms with Gasteiger partial charge in [0.15, 0.2) is 0 Å². The first-order valence-corrected chi connectivity index (χ1v) is 5.27. The van der Waals surface area contributed by atoms with E-state index in [0.717, 1.165) is 5.33 Å². The lowest BCUT2D eigenvalue weighted by Crippen LogP contribution is -2.16. The predicted molar refractivity (Wildman–Crippen MR) is 51.1 cm³/mol. The van der Waals surface area contributed by atoms with Gasteiger partial charge in [0, 0.05) is 15.6 Å². The molecule has 0 spiro atoms. The van der Waals surface area contributed by atoms with E-state index < -0.39 is 0 Å². The molecule has 10 heavy (non-hydrogen) atoms. The lowest BCUT2D eigenvalue weighted by Gasteiger charge is -2.18. The minimum absolute atomic E-state index is 0.300. The smallest absolute Gasteiger partial charge is 0.0131 e. The van der Waals surface area contributed by atoms with Gasteiger partial charge in [-0.2, -0.15) is 0 Å². The van der Waals surface area contributed by atoms with Crippen LogP contribution in [0, 0.1) is 0 Å². The standard InChI is InChI=1S/C8H11BrS/c1-8(2,6-9)7-4-3-5-10-7/h3-5H,6H2,1-2H3.